The molecule has 0 amide bonds. The Balaban J connectivity index is 1.77. The van der Waals surface area contributed by atoms with E-state index in [2.05, 4.69) is 113 Å². The molecule has 1 atom stereocenters. The van der Waals surface area contributed by atoms with Crippen molar-refractivity contribution in [1.29, 1.82) is 0 Å². The molecule has 1 unspecified atom stereocenters. The molecule has 0 fully saturated rings. The Morgan fingerprint density at radius 1 is 0.562 bits per heavy atom. The first-order chi connectivity index (χ1) is 15.9. The molecule has 0 bridgehead atoms. The maximum atomic E-state index is 4.35. The van der Waals surface area contributed by atoms with Crippen LogP contribution in [-0.2, 0) is 5.41 Å². The van der Waals surface area contributed by atoms with Gasteiger partial charge in [-0.25, -0.2) is 0 Å². The van der Waals surface area contributed by atoms with Crippen LogP contribution in [0.3, 0.4) is 0 Å². The number of nitrogens with zero attached hydrogens (tertiary/aromatic N) is 1. The van der Waals surface area contributed by atoms with Crippen molar-refractivity contribution in [2.75, 3.05) is 0 Å². The Bertz CT molecular complexity index is 1570. The van der Waals surface area contributed by atoms with Crippen LogP contribution in [0.1, 0.15) is 22.3 Å². The number of benzene rings is 4. The summed E-state index contributed by atoms with van der Waals surface area (Å²) in [5.74, 6) is 0. The van der Waals surface area contributed by atoms with Gasteiger partial charge in [0.15, 0.2) is 0 Å². The Labute approximate surface area is 186 Å². The normalized spacial score (nSPS) is 16.9. The van der Waals surface area contributed by atoms with E-state index in [4.69, 9.17) is 0 Å². The summed E-state index contributed by atoms with van der Waals surface area (Å²) in [5.41, 5.74) is 9.72. The molecular formula is C30H20N2. The molecule has 2 heteroatoms. The van der Waals surface area contributed by atoms with E-state index in [-0.39, 0.29) is 0 Å². The minimum absolute atomic E-state index is 0.416. The van der Waals surface area contributed by atoms with E-state index in [1.165, 1.54) is 55.2 Å². The van der Waals surface area contributed by atoms with Crippen LogP contribution in [-0.4, -0.2) is 9.97 Å². The van der Waals surface area contributed by atoms with Gasteiger partial charge >= 0.3 is 0 Å². The highest BCUT2D eigenvalue weighted by Gasteiger charge is 2.47. The number of H-pyrrole nitrogens is 1. The zero-order valence-electron chi connectivity index (χ0n) is 17.4. The Hall–Kier alpha value is -4.17. The van der Waals surface area contributed by atoms with Crippen molar-refractivity contribution in [2.24, 2.45) is 0 Å². The fourth-order valence-electron chi connectivity index (χ4n) is 5.79. The minimum atomic E-state index is -0.416. The number of pyridine rings is 1. The first-order valence-corrected chi connectivity index (χ1v) is 11.0. The molecule has 150 valence electrons. The lowest BCUT2D eigenvalue weighted by Crippen LogP contribution is -2.28. The first kappa shape index (κ1) is 17.5. The molecule has 7 rings (SSSR count). The van der Waals surface area contributed by atoms with E-state index in [1.807, 2.05) is 12.4 Å². The largest absolute Gasteiger partial charge is 0.355 e. The average Bonchev–Trinajstić information content (AvgIpc) is 3.39. The van der Waals surface area contributed by atoms with Gasteiger partial charge in [0.05, 0.1) is 5.41 Å². The van der Waals surface area contributed by atoms with Crippen LogP contribution >= 0.6 is 0 Å². The fraction of sp³-hybridized carbons (Fsp3) is 0.0333. The van der Waals surface area contributed by atoms with E-state index in [0.29, 0.717) is 0 Å². The maximum absolute atomic E-state index is 4.35. The number of hydrogen-bond donors (Lipinski definition) is 1. The molecule has 2 nitrogen and oxygen atoms in total. The van der Waals surface area contributed by atoms with Gasteiger partial charge in [0.1, 0.15) is 0 Å². The summed E-state index contributed by atoms with van der Waals surface area (Å²) >= 11 is 0. The van der Waals surface area contributed by atoms with Crippen LogP contribution in [0.5, 0.6) is 0 Å². The van der Waals surface area contributed by atoms with Gasteiger partial charge in [-0.15, -0.1) is 0 Å². The second kappa shape index (κ2) is 6.41. The molecule has 0 aliphatic heterocycles. The number of hydrogen-bond acceptors (Lipinski definition) is 1. The highest BCUT2D eigenvalue weighted by Crippen LogP contribution is 2.58. The van der Waals surface area contributed by atoms with Crippen molar-refractivity contribution < 1.29 is 0 Å². The molecular weight excluding hydrogens is 388 g/mol. The highest BCUT2D eigenvalue weighted by molar-refractivity contribution is 6.13. The first-order valence-electron chi connectivity index (χ1n) is 11.0. The van der Waals surface area contributed by atoms with Gasteiger partial charge < -0.3 is 4.98 Å². The highest BCUT2D eigenvalue weighted by atomic mass is 14.7. The predicted molar refractivity (Wildman–Crippen MR) is 131 cm³/mol. The van der Waals surface area contributed by atoms with Gasteiger partial charge in [-0.2, -0.15) is 0 Å². The lowest BCUT2D eigenvalue weighted by atomic mass is 9.67. The quantitative estimate of drug-likeness (QED) is 0.325. The van der Waals surface area contributed by atoms with Gasteiger partial charge in [-0.1, -0.05) is 78.9 Å². The number of para-hydroxylation sites is 1. The third kappa shape index (κ3) is 2.11. The van der Waals surface area contributed by atoms with Crippen LogP contribution in [0, 0.1) is 0 Å². The number of fused-ring (bicyclic) bond motifs is 7. The van der Waals surface area contributed by atoms with Gasteiger partial charge in [-0.05, 0) is 57.6 Å². The van der Waals surface area contributed by atoms with E-state index >= 15 is 0 Å². The third-order valence-electron chi connectivity index (χ3n) is 6.99. The Morgan fingerprint density at radius 2 is 1.28 bits per heavy atom. The van der Waals surface area contributed by atoms with Crippen molar-refractivity contribution in [3.8, 4) is 11.1 Å². The van der Waals surface area contributed by atoms with Crippen molar-refractivity contribution in [3.63, 3.8) is 0 Å². The molecule has 1 N–H and O–H groups in total. The van der Waals surface area contributed by atoms with Crippen LogP contribution in [0.4, 0.5) is 0 Å². The predicted octanol–water partition coefficient (Wildman–Crippen LogP) is 7.08. The summed E-state index contributed by atoms with van der Waals surface area (Å²) < 4.78 is 0. The Morgan fingerprint density at radius 3 is 2.16 bits per heavy atom. The topological polar surface area (TPSA) is 28.7 Å². The van der Waals surface area contributed by atoms with Gasteiger partial charge in [0, 0.05) is 34.2 Å². The summed E-state index contributed by atoms with van der Waals surface area (Å²) in [7, 11) is 0. The van der Waals surface area contributed by atoms with Crippen molar-refractivity contribution in [2.45, 2.75) is 5.41 Å². The standard InChI is InChI=1S/C30H20N2/c1-2-8-20(9-3-1)30(21-16-18-31-19-17-21)25-12-6-4-10-22(25)23-14-15-27-28(29(23)30)24-11-5-7-13-26(24)32-27/h1-19,32H. The minimum Gasteiger partial charge on any atom is -0.355 e. The number of nitrogens with one attached hydrogen (secondary N) is 1. The van der Waals surface area contributed by atoms with Gasteiger partial charge in [0.2, 0.25) is 0 Å². The van der Waals surface area contributed by atoms with Crippen LogP contribution in [0.15, 0.2) is 116 Å². The summed E-state index contributed by atoms with van der Waals surface area (Å²) in [6.45, 7) is 0. The third-order valence-corrected chi connectivity index (χ3v) is 6.99. The molecule has 6 aromatic rings. The number of aromatic amines is 1. The molecule has 0 saturated carbocycles. The zero-order chi connectivity index (χ0) is 21.1. The second-order valence-corrected chi connectivity index (χ2v) is 8.48. The summed E-state index contributed by atoms with van der Waals surface area (Å²) in [6, 6.07) is 37.3. The smallest absolute Gasteiger partial charge is 0.0721 e. The van der Waals surface area contributed by atoms with Gasteiger partial charge in [0.25, 0.3) is 0 Å². The van der Waals surface area contributed by atoms with Crippen LogP contribution in [0.25, 0.3) is 32.9 Å². The molecule has 0 radical (unpaired) electrons. The van der Waals surface area contributed by atoms with Crippen molar-refractivity contribution in [3.05, 3.63) is 138 Å². The average molecular weight is 409 g/mol. The number of aromatic nitrogens is 2. The van der Waals surface area contributed by atoms with E-state index in [9.17, 15) is 0 Å². The zero-order valence-corrected chi connectivity index (χ0v) is 17.4. The van der Waals surface area contributed by atoms with Crippen molar-refractivity contribution >= 4 is 21.8 Å². The molecule has 32 heavy (non-hydrogen) atoms. The number of rotatable bonds is 2. The molecule has 0 saturated heterocycles. The summed E-state index contributed by atoms with van der Waals surface area (Å²) in [5, 5.41) is 2.57. The second-order valence-electron chi connectivity index (χ2n) is 8.48. The monoisotopic (exact) mass is 408 g/mol. The van der Waals surface area contributed by atoms with Crippen LogP contribution in [0.2, 0.25) is 0 Å². The van der Waals surface area contributed by atoms with E-state index < -0.39 is 5.41 Å². The fourth-order valence-corrected chi connectivity index (χ4v) is 5.79. The summed E-state index contributed by atoms with van der Waals surface area (Å²) in [6.07, 6.45) is 3.83. The van der Waals surface area contributed by atoms with Crippen LogP contribution < -0.4 is 0 Å². The van der Waals surface area contributed by atoms with Gasteiger partial charge in [-0.3, -0.25) is 4.98 Å². The molecule has 2 heterocycles. The van der Waals surface area contributed by atoms with E-state index in [1.54, 1.807) is 0 Å². The SMILES string of the molecule is c1ccc(C2(c3ccncc3)c3ccccc3-c3ccc4[nH]c5ccccc5c4c32)cc1. The maximum Gasteiger partial charge on any atom is 0.0721 e. The molecule has 1 aliphatic carbocycles. The molecule has 2 aromatic heterocycles. The lowest BCUT2D eigenvalue weighted by Gasteiger charge is -2.34. The molecule has 0 spiro atoms. The molecule has 1 aliphatic rings. The lowest BCUT2D eigenvalue weighted by molar-refractivity contribution is 0.773. The Kier molecular flexibility index (Phi) is 3.51. The van der Waals surface area contributed by atoms with E-state index in [0.717, 1.165) is 0 Å². The summed E-state index contributed by atoms with van der Waals surface area (Å²) in [4.78, 5) is 8.01. The molecule has 4 aromatic carbocycles. The van der Waals surface area contributed by atoms with Crippen molar-refractivity contribution in [1.82, 2.24) is 9.97 Å².